The van der Waals surface area contributed by atoms with Gasteiger partial charge in [0.25, 0.3) is 0 Å². The number of nitrogens with one attached hydrogen (secondary N) is 2. The standard InChI is InChI=1S/C26H24BrN3O5/c1-15-9-11-19(13-16(15)2)28-24(31)25(32)30-29-17(3)18-10-12-22(23(14-18)34-4)35-26(33)20-7-5-6-8-21(20)27/h5-14H,1-4H3,(H,28,31)(H,30,32). The van der Waals surface area contributed by atoms with Crippen molar-refractivity contribution >= 4 is 45.1 Å². The van der Waals surface area contributed by atoms with Crippen molar-refractivity contribution in [3.05, 3.63) is 87.4 Å². The number of methoxy groups -OCH3 is 1. The highest BCUT2D eigenvalue weighted by atomic mass is 79.9. The molecule has 0 aromatic heterocycles. The maximum absolute atomic E-state index is 12.5. The summed E-state index contributed by atoms with van der Waals surface area (Å²) in [6.45, 7) is 5.53. The summed E-state index contributed by atoms with van der Waals surface area (Å²) in [5.74, 6) is -1.76. The van der Waals surface area contributed by atoms with Crippen molar-refractivity contribution in [3.63, 3.8) is 0 Å². The summed E-state index contributed by atoms with van der Waals surface area (Å²) in [6.07, 6.45) is 0. The summed E-state index contributed by atoms with van der Waals surface area (Å²) >= 11 is 3.33. The van der Waals surface area contributed by atoms with Crippen molar-refractivity contribution in [2.45, 2.75) is 20.8 Å². The number of carbonyl (C=O) groups is 3. The van der Waals surface area contributed by atoms with Gasteiger partial charge in [-0.05, 0) is 90.3 Å². The van der Waals surface area contributed by atoms with Crippen molar-refractivity contribution in [1.82, 2.24) is 5.43 Å². The molecule has 8 nitrogen and oxygen atoms in total. The van der Waals surface area contributed by atoms with Gasteiger partial charge in [0.15, 0.2) is 11.5 Å². The highest BCUT2D eigenvalue weighted by Gasteiger charge is 2.17. The van der Waals surface area contributed by atoms with E-state index in [4.69, 9.17) is 9.47 Å². The molecule has 0 bridgehead atoms. The van der Waals surface area contributed by atoms with Gasteiger partial charge in [0.1, 0.15) is 0 Å². The van der Waals surface area contributed by atoms with Gasteiger partial charge in [-0.25, -0.2) is 10.2 Å². The van der Waals surface area contributed by atoms with Crippen LogP contribution in [0.1, 0.15) is 34.0 Å². The molecule has 0 fully saturated rings. The van der Waals surface area contributed by atoms with Crippen LogP contribution < -0.4 is 20.2 Å². The van der Waals surface area contributed by atoms with Crippen LogP contribution in [0.15, 0.2) is 70.2 Å². The zero-order valence-electron chi connectivity index (χ0n) is 19.6. The Kier molecular flexibility index (Phi) is 8.38. The minimum absolute atomic E-state index is 0.224. The van der Waals surface area contributed by atoms with E-state index in [0.717, 1.165) is 11.1 Å². The first kappa shape index (κ1) is 25.6. The molecule has 0 aliphatic heterocycles. The van der Waals surface area contributed by atoms with Crippen LogP contribution >= 0.6 is 15.9 Å². The van der Waals surface area contributed by atoms with Gasteiger partial charge >= 0.3 is 17.8 Å². The number of amides is 2. The van der Waals surface area contributed by atoms with Crippen molar-refractivity contribution in [3.8, 4) is 11.5 Å². The Balaban J connectivity index is 1.67. The molecule has 0 spiro atoms. The van der Waals surface area contributed by atoms with Gasteiger partial charge < -0.3 is 14.8 Å². The first-order chi connectivity index (χ1) is 16.7. The predicted octanol–water partition coefficient (Wildman–Crippen LogP) is 4.77. The van der Waals surface area contributed by atoms with E-state index in [1.54, 1.807) is 61.5 Å². The molecule has 0 heterocycles. The van der Waals surface area contributed by atoms with Crippen LogP contribution in [0.5, 0.6) is 11.5 Å². The van der Waals surface area contributed by atoms with Gasteiger partial charge in [0.2, 0.25) is 0 Å². The molecule has 35 heavy (non-hydrogen) atoms. The number of rotatable bonds is 6. The number of halogens is 1. The Bertz CT molecular complexity index is 1320. The van der Waals surface area contributed by atoms with Crippen molar-refractivity contribution in [2.75, 3.05) is 12.4 Å². The van der Waals surface area contributed by atoms with Crippen LogP contribution in [0.2, 0.25) is 0 Å². The van der Waals surface area contributed by atoms with E-state index < -0.39 is 17.8 Å². The number of hydrazone groups is 1. The molecular weight excluding hydrogens is 514 g/mol. The number of hydrogen-bond acceptors (Lipinski definition) is 6. The first-order valence-corrected chi connectivity index (χ1v) is 11.4. The number of carbonyl (C=O) groups excluding carboxylic acids is 3. The molecule has 180 valence electrons. The maximum Gasteiger partial charge on any atom is 0.344 e. The second-order valence-corrected chi connectivity index (χ2v) is 8.48. The maximum atomic E-state index is 12.5. The van der Waals surface area contributed by atoms with Gasteiger partial charge in [-0.3, -0.25) is 9.59 Å². The largest absolute Gasteiger partial charge is 0.493 e. The Hall–Kier alpha value is -3.98. The fourth-order valence-electron chi connectivity index (χ4n) is 3.02. The van der Waals surface area contributed by atoms with Crippen LogP contribution in [0.4, 0.5) is 5.69 Å². The fourth-order valence-corrected chi connectivity index (χ4v) is 3.46. The van der Waals surface area contributed by atoms with Gasteiger partial charge in [-0.2, -0.15) is 5.10 Å². The minimum atomic E-state index is -0.909. The molecule has 2 N–H and O–H groups in total. The third-order valence-corrected chi connectivity index (χ3v) is 5.87. The lowest BCUT2D eigenvalue weighted by atomic mass is 10.1. The average molecular weight is 538 g/mol. The number of anilines is 1. The summed E-state index contributed by atoms with van der Waals surface area (Å²) in [6, 6.07) is 17.1. The first-order valence-electron chi connectivity index (χ1n) is 10.6. The van der Waals surface area contributed by atoms with Gasteiger partial charge in [-0.1, -0.05) is 18.2 Å². The van der Waals surface area contributed by atoms with Gasteiger partial charge in [0.05, 0.1) is 18.4 Å². The lowest BCUT2D eigenvalue weighted by Crippen LogP contribution is -2.33. The third-order valence-electron chi connectivity index (χ3n) is 5.17. The van der Waals surface area contributed by atoms with Crippen LogP contribution in [-0.2, 0) is 9.59 Å². The highest BCUT2D eigenvalue weighted by molar-refractivity contribution is 9.10. The van der Waals surface area contributed by atoms with Crippen molar-refractivity contribution in [2.24, 2.45) is 5.10 Å². The molecule has 0 aliphatic rings. The molecule has 0 radical (unpaired) electrons. The topological polar surface area (TPSA) is 106 Å². The van der Waals surface area contributed by atoms with Crippen LogP contribution in [-0.4, -0.2) is 30.6 Å². The molecule has 0 unspecified atom stereocenters. The SMILES string of the molecule is COc1cc(C(C)=NNC(=O)C(=O)Nc2ccc(C)c(C)c2)ccc1OC(=O)c1ccccc1Br. The summed E-state index contributed by atoms with van der Waals surface area (Å²) < 4.78 is 11.5. The Morgan fingerprint density at radius 3 is 2.31 bits per heavy atom. The number of esters is 1. The zero-order chi connectivity index (χ0) is 25.5. The van der Waals surface area contributed by atoms with E-state index in [2.05, 4.69) is 31.8 Å². The molecule has 3 rings (SSSR count). The lowest BCUT2D eigenvalue weighted by Gasteiger charge is -2.12. The summed E-state index contributed by atoms with van der Waals surface area (Å²) in [5, 5.41) is 6.54. The summed E-state index contributed by atoms with van der Waals surface area (Å²) in [5.41, 5.74) is 6.23. The summed E-state index contributed by atoms with van der Waals surface area (Å²) in [4.78, 5) is 36.9. The number of benzene rings is 3. The van der Waals surface area contributed by atoms with Crippen LogP contribution in [0.25, 0.3) is 0 Å². The smallest absolute Gasteiger partial charge is 0.344 e. The Labute approximate surface area is 211 Å². The van der Waals surface area contributed by atoms with E-state index in [9.17, 15) is 14.4 Å². The van der Waals surface area contributed by atoms with E-state index in [1.165, 1.54) is 7.11 Å². The fraction of sp³-hybridized carbons (Fsp3) is 0.154. The van der Waals surface area contributed by atoms with Crippen molar-refractivity contribution in [1.29, 1.82) is 0 Å². The molecule has 9 heteroatoms. The molecule has 3 aromatic carbocycles. The molecule has 0 saturated heterocycles. The number of ether oxygens (including phenoxy) is 2. The minimum Gasteiger partial charge on any atom is -0.493 e. The van der Waals surface area contributed by atoms with E-state index in [1.807, 2.05) is 19.9 Å². The Morgan fingerprint density at radius 1 is 0.886 bits per heavy atom. The molecule has 3 aromatic rings. The van der Waals surface area contributed by atoms with Crippen LogP contribution in [0.3, 0.4) is 0 Å². The lowest BCUT2D eigenvalue weighted by molar-refractivity contribution is -0.136. The Morgan fingerprint density at radius 2 is 1.63 bits per heavy atom. The number of nitrogens with zero attached hydrogens (tertiary/aromatic N) is 1. The molecule has 2 amide bonds. The van der Waals surface area contributed by atoms with E-state index in [0.29, 0.717) is 32.7 Å². The monoisotopic (exact) mass is 537 g/mol. The summed E-state index contributed by atoms with van der Waals surface area (Å²) in [7, 11) is 1.44. The van der Waals surface area contributed by atoms with Crippen LogP contribution in [0, 0.1) is 13.8 Å². The predicted molar refractivity (Wildman–Crippen MR) is 137 cm³/mol. The molecule has 0 atom stereocenters. The normalized spacial score (nSPS) is 10.9. The zero-order valence-corrected chi connectivity index (χ0v) is 21.2. The van der Waals surface area contributed by atoms with Crippen molar-refractivity contribution < 1.29 is 23.9 Å². The highest BCUT2D eigenvalue weighted by Crippen LogP contribution is 2.30. The molecular formula is C26H24BrN3O5. The van der Waals surface area contributed by atoms with Gasteiger partial charge in [-0.15, -0.1) is 0 Å². The number of hydrogen-bond donors (Lipinski definition) is 2. The molecule has 0 saturated carbocycles. The molecule has 0 aliphatic carbocycles. The third kappa shape index (κ3) is 6.54. The quantitative estimate of drug-likeness (QED) is 0.155. The second kappa shape index (κ2) is 11.4. The van der Waals surface area contributed by atoms with E-state index in [-0.39, 0.29) is 5.75 Å². The van der Waals surface area contributed by atoms with E-state index >= 15 is 0 Å². The number of aryl methyl sites for hydroxylation is 2. The second-order valence-electron chi connectivity index (χ2n) is 7.63. The van der Waals surface area contributed by atoms with Gasteiger partial charge in [0, 0.05) is 15.7 Å². The average Bonchev–Trinajstić information content (AvgIpc) is 2.84.